The molecule has 0 saturated heterocycles. The molecule has 0 atom stereocenters. The molecule has 0 heterocycles. The number of alkyl halides is 9. The van der Waals surface area contributed by atoms with Crippen LogP contribution in [0.15, 0.2) is 12.1 Å². The van der Waals surface area contributed by atoms with Crippen LogP contribution in [0.2, 0.25) is 0 Å². The van der Waals surface area contributed by atoms with Crippen molar-refractivity contribution in [2.45, 2.75) is 25.5 Å². The lowest BCUT2D eigenvalue weighted by atomic mass is 9.95. The van der Waals surface area contributed by atoms with Crippen molar-refractivity contribution in [3.63, 3.8) is 0 Å². The second-order valence-electron chi connectivity index (χ2n) is 4.57. The third-order valence-corrected chi connectivity index (χ3v) is 2.66. The van der Waals surface area contributed by atoms with Gasteiger partial charge < -0.3 is 0 Å². The highest BCUT2D eigenvalue weighted by molar-refractivity contribution is 5.98. The number of carbonyl (C=O) groups is 2. The monoisotopic (exact) mass is 382 g/mol. The molecule has 0 saturated carbocycles. The van der Waals surface area contributed by atoms with Gasteiger partial charge in [0.2, 0.25) is 5.91 Å². The number of nitrogens with one attached hydrogen (secondary N) is 2. The Labute approximate surface area is 133 Å². The molecule has 0 unspecified atom stereocenters. The molecule has 25 heavy (non-hydrogen) atoms. The second kappa shape index (κ2) is 6.44. The average Bonchev–Trinajstić information content (AvgIpc) is 2.40. The number of carbonyl (C=O) groups excluding carboxylic acids is 2. The molecule has 0 aromatic heterocycles. The summed E-state index contributed by atoms with van der Waals surface area (Å²) in [6, 6.07) is -1.23. The van der Waals surface area contributed by atoms with Crippen molar-refractivity contribution >= 4 is 11.8 Å². The van der Waals surface area contributed by atoms with Crippen molar-refractivity contribution < 1.29 is 49.1 Å². The van der Waals surface area contributed by atoms with Gasteiger partial charge >= 0.3 is 18.5 Å². The van der Waals surface area contributed by atoms with E-state index in [1.165, 1.54) is 10.9 Å². The lowest BCUT2D eigenvalue weighted by molar-refractivity contribution is -0.149. The van der Waals surface area contributed by atoms with Crippen LogP contribution in [0.5, 0.6) is 0 Å². The Hall–Kier alpha value is -2.47. The molecule has 0 spiro atoms. The zero-order valence-corrected chi connectivity index (χ0v) is 11.9. The zero-order valence-electron chi connectivity index (χ0n) is 11.9. The fourth-order valence-corrected chi connectivity index (χ4v) is 1.70. The van der Waals surface area contributed by atoms with Crippen molar-refractivity contribution in [1.29, 1.82) is 0 Å². The van der Waals surface area contributed by atoms with E-state index in [-0.39, 0.29) is 0 Å². The van der Waals surface area contributed by atoms with Crippen LogP contribution in [-0.2, 0) is 23.3 Å². The molecule has 0 aliphatic carbocycles. The van der Waals surface area contributed by atoms with Gasteiger partial charge in [0.05, 0.1) is 22.3 Å². The number of hydrazine groups is 1. The Morgan fingerprint density at radius 3 is 1.44 bits per heavy atom. The Kier molecular flexibility index (Phi) is 5.30. The molecule has 1 rings (SSSR count). The van der Waals surface area contributed by atoms with E-state index in [0.29, 0.717) is 0 Å². The highest BCUT2D eigenvalue weighted by atomic mass is 19.4. The van der Waals surface area contributed by atoms with E-state index in [1.807, 2.05) is 0 Å². The molecule has 0 aliphatic rings. The smallest absolute Gasteiger partial charge is 0.274 e. The van der Waals surface area contributed by atoms with Crippen LogP contribution in [0.25, 0.3) is 0 Å². The molecular formula is C12H7F9N2O2. The lowest BCUT2D eigenvalue weighted by Crippen LogP contribution is -2.42. The van der Waals surface area contributed by atoms with E-state index < -0.39 is 64.7 Å². The van der Waals surface area contributed by atoms with Crippen LogP contribution < -0.4 is 10.9 Å². The maximum atomic E-state index is 12.9. The molecule has 2 N–H and O–H groups in total. The van der Waals surface area contributed by atoms with Gasteiger partial charge in [-0.15, -0.1) is 0 Å². The summed E-state index contributed by atoms with van der Waals surface area (Å²) in [6.07, 6.45) is -16.9. The highest BCUT2D eigenvalue weighted by Gasteiger charge is 2.46. The second-order valence-corrected chi connectivity index (χ2v) is 4.57. The first-order chi connectivity index (χ1) is 11.0. The van der Waals surface area contributed by atoms with Gasteiger partial charge in [-0.05, 0) is 12.1 Å². The first kappa shape index (κ1) is 20.6. The molecule has 2 amide bonds. The number of halogens is 9. The molecule has 0 fully saturated rings. The normalized spacial score (nSPS) is 12.7. The SMILES string of the molecule is CC(=O)NNC(=O)c1c(C(F)(F)F)cc(C(F)(F)F)cc1C(F)(F)F. The lowest BCUT2D eigenvalue weighted by Gasteiger charge is -2.20. The van der Waals surface area contributed by atoms with Gasteiger partial charge in [-0.3, -0.25) is 20.4 Å². The molecule has 0 aliphatic heterocycles. The first-order valence-corrected chi connectivity index (χ1v) is 6.01. The fraction of sp³-hybridized carbons (Fsp3) is 0.333. The number of amides is 2. The van der Waals surface area contributed by atoms with Crippen LogP contribution in [0.1, 0.15) is 34.0 Å². The molecule has 1 aromatic carbocycles. The number of rotatable bonds is 1. The van der Waals surface area contributed by atoms with E-state index in [0.717, 1.165) is 6.92 Å². The minimum atomic E-state index is -5.70. The van der Waals surface area contributed by atoms with Crippen LogP contribution in [0.4, 0.5) is 39.5 Å². The van der Waals surface area contributed by atoms with Crippen molar-refractivity contribution in [3.05, 3.63) is 34.4 Å². The Morgan fingerprint density at radius 2 is 1.16 bits per heavy atom. The van der Waals surface area contributed by atoms with E-state index in [4.69, 9.17) is 0 Å². The standard InChI is InChI=1S/C12H7F9N2O2/c1-4(24)22-23-9(25)8-6(11(16,17)18)2-5(10(13,14)15)3-7(8)12(19,20)21/h2-3H,1H3,(H,22,24)(H,23,25). The summed E-state index contributed by atoms with van der Waals surface area (Å²) in [5, 5.41) is 0. The Balaban J connectivity index is 3.76. The van der Waals surface area contributed by atoms with Crippen molar-refractivity contribution in [2.24, 2.45) is 0 Å². The predicted octanol–water partition coefficient (Wildman–Crippen LogP) is 3.52. The van der Waals surface area contributed by atoms with Crippen LogP contribution >= 0.6 is 0 Å². The summed E-state index contributed by atoms with van der Waals surface area (Å²) in [6.45, 7) is 0.780. The molecule has 1 aromatic rings. The maximum Gasteiger partial charge on any atom is 0.417 e. The van der Waals surface area contributed by atoms with Gasteiger partial charge in [0.1, 0.15) is 0 Å². The van der Waals surface area contributed by atoms with Crippen LogP contribution in [0.3, 0.4) is 0 Å². The summed E-state index contributed by atoms with van der Waals surface area (Å²) >= 11 is 0. The largest absolute Gasteiger partial charge is 0.417 e. The number of hydrogen-bond acceptors (Lipinski definition) is 2. The predicted molar refractivity (Wildman–Crippen MR) is 62.7 cm³/mol. The summed E-state index contributed by atoms with van der Waals surface area (Å²) in [7, 11) is 0. The molecule has 4 nitrogen and oxygen atoms in total. The van der Waals surface area contributed by atoms with Gasteiger partial charge in [-0.2, -0.15) is 39.5 Å². The van der Waals surface area contributed by atoms with Gasteiger partial charge in [0, 0.05) is 6.92 Å². The minimum Gasteiger partial charge on any atom is -0.274 e. The zero-order chi connectivity index (χ0) is 19.8. The van der Waals surface area contributed by atoms with Gasteiger partial charge in [-0.25, -0.2) is 0 Å². The molecule has 0 bridgehead atoms. The number of hydrogen-bond donors (Lipinski definition) is 2. The van der Waals surface area contributed by atoms with Gasteiger partial charge in [-0.1, -0.05) is 0 Å². The quantitative estimate of drug-likeness (QED) is 0.577. The Morgan fingerprint density at radius 1 is 0.760 bits per heavy atom. The van der Waals surface area contributed by atoms with Gasteiger partial charge in [0.25, 0.3) is 5.91 Å². The highest BCUT2D eigenvalue weighted by Crippen LogP contribution is 2.43. The third kappa shape index (κ3) is 5.00. The molecule has 0 radical (unpaired) electrons. The van der Waals surface area contributed by atoms with Crippen LogP contribution in [0, 0.1) is 0 Å². The summed E-state index contributed by atoms with van der Waals surface area (Å²) < 4.78 is 116. The molecule has 13 heteroatoms. The summed E-state index contributed by atoms with van der Waals surface area (Å²) in [4.78, 5) is 22.2. The summed E-state index contributed by atoms with van der Waals surface area (Å²) in [5.74, 6) is -3.12. The minimum absolute atomic E-state index is 0.613. The molecule has 140 valence electrons. The average molecular weight is 382 g/mol. The first-order valence-electron chi connectivity index (χ1n) is 6.01. The van der Waals surface area contributed by atoms with E-state index in [2.05, 4.69) is 0 Å². The van der Waals surface area contributed by atoms with Crippen molar-refractivity contribution in [3.8, 4) is 0 Å². The fourth-order valence-electron chi connectivity index (χ4n) is 1.70. The molecular weight excluding hydrogens is 375 g/mol. The van der Waals surface area contributed by atoms with Crippen LogP contribution in [-0.4, -0.2) is 11.8 Å². The topological polar surface area (TPSA) is 58.2 Å². The maximum absolute atomic E-state index is 12.9. The van der Waals surface area contributed by atoms with E-state index in [1.54, 1.807) is 0 Å². The van der Waals surface area contributed by atoms with Gasteiger partial charge in [0.15, 0.2) is 0 Å². The Bertz CT molecular complexity index is 654. The third-order valence-electron chi connectivity index (χ3n) is 2.66. The number of benzene rings is 1. The van der Waals surface area contributed by atoms with Crippen molar-refractivity contribution in [2.75, 3.05) is 0 Å². The van der Waals surface area contributed by atoms with E-state index in [9.17, 15) is 49.1 Å². The van der Waals surface area contributed by atoms with Crippen molar-refractivity contribution in [1.82, 2.24) is 10.9 Å². The van der Waals surface area contributed by atoms with E-state index >= 15 is 0 Å². The summed E-state index contributed by atoms with van der Waals surface area (Å²) in [5.41, 5.74) is -6.51.